The zero-order valence-electron chi connectivity index (χ0n) is 18.3. The summed E-state index contributed by atoms with van der Waals surface area (Å²) >= 11 is 0. The Kier molecular flexibility index (Phi) is 9.20. The van der Waals surface area contributed by atoms with Crippen LogP contribution in [0.25, 0.3) is 0 Å². The molecule has 2 amide bonds. The molecule has 1 saturated heterocycles. The number of aromatic hydroxyl groups is 1. The number of aromatic carboxylic acids is 1. The quantitative estimate of drug-likeness (QED) is 0.111. The number of hydrogen-bond donors (Lipinski definition) is 8. The van der Waals surface area contributed by atoms with Gasteiger partial charge in [0.25, 0.3) is 0 Å². The first-order chi connectivity index (χ1) is 15.9. The third-order valence-corrected chi connectivity index (χ3v) is 5.03. The molecule has 1 aromatic rings. The molecular formula is C19H27BN4O10. The first kappa shape index (κ1) is 26.9. The van der Waals surface area contributed by atoms with Crippen LogP contribution in [0, 0.1) is 0 Å². The molecule has 0 radical (unpaired) electrons. The number of aryl methyl sites for hydroxylation is 1. The molecule has 2 rings (SSSR count). The highest BCUT2D eigenvalue weighted by atomic mass is 16.5. The van der Waals surface area contributed by atoms with E-state index in [0.29, 0.717) is 0 Å². The molecule has 0 unspecified atom stereocenters. The maximum Gasteiger partial charge on any atom is 0.451 e. The Morgan fingerprint density at radius 1 is 1.21 bits per heavy atom. The number of nitrogens with two attached hydrogens (primary N) is 1. The molecule has 0 aliphatic carbocycles. The lowest BCUT2D eigenvalue weighted by atomic mass is 9.82. The lowest BCUT2D eigenvalue weighted by molar-refractivity contribution is -0.142. The maximum atomic E-state index is 12.1. The van der Waals surface area contributed by atoms with E-state index in [2.05, 4.69) is 5.32 Å². The van der Waals surface area contributed by atoms with Gasteiger partial charge >= 0.3 is 19.1 Å². The van der Waals surface area contributed by atoms with E-state index in [4.69, 9.17) is 25.6 Å². The third kappa shape index (κ3) is 7.31. The molecule has 1 heterocycles. The topological polar surface area (TPSA) is 232 Å². The highest BCUT2D eigenvalue weighted by Crippen LogP contribution is 2.33. The summed E-state index contributed by atoms with van der Waals surface area (Å²) in [4.78, 5) is 47.9. The number of amides is 2. The second-order valence-electron chi connectivity index (χ2n) is 7.82. The van der Waals surface area contributed by atoms with Crippen LogP contribution in [-0.2, 0) is 20.8 Å². The predicted octanol–water partition coefficient (Wildman–Crippen LogP) is -2.84. The van der Waals surface area contributed by atoms with E-state index >= 15 is 0 Å². The number of hydrogen-bond acceptors (Lipinski definition) is 10. The predicted molar refractivity (Wildman–Crippen MR) is 116 cm³/mol. The van der Waals surface area contributed by atoms with Gasteiger partial charge < -0.3 is 46.5 Å². The highest BCUT2D eigenvalue weighted by Gasteiger charge is 2.32. The number of phenols is 1. The molecule has 1 aromatic carbocycles. The molecular weight excluding hydrogens is 455 g/mol. The number of carbonyl (C=O) groups is 4. The first-order valence-electron chi connectivity index (χ1n) is 10.3. The van der Waals surface area contributed by atoms with E-state index in [9.17, 15) is 29.4 Å². The fraction of sp³-hybridized carbons (Fsp3) is 0.474. The van der Waals surface area contributed by atoms with Crippen LogP contribution in [0.1, 0.15) is 22.8 Å². The van der Waals surface area contributed by atoms with E-state index in [1.165, 1.54) is 19.1 Å². The molecule has 1 fully saturated rings. The van der Waals surface area contributed by atoms with Crippen LogP contribution < -0.4 is 21.1 Å². The zero-order valence-corrected chi connectivity index (χ0v) is 18.3. The summed E-state index contributed by atoms with van der Waals surface area (Å²) in [6.07, 6.45) is -2.08. The largest absolute Gasteiger partial charge is 0.507 e. The fourth-order valence-electron chi connectivity index (χ4n) is 3.21. The zero-order chi connectivity index (χ0) is 25.6. The van der Waals surface area contributed by atoms with Gasteiger partial charge in [-0.3, -0.25) is 14.5 Å². The third-order valence-electron chi connectivity index (χ3n) is 5.03. The van der Waals surface area contributed by atoms with Gasteiger partial charge in [-0.25, -0.2) is 9.59 Å². The lowest BCUT2D eigenvalue weighted by Gasteiger charge is -2.38. The van der Waals surface area contributed by atoms with Crippen molar-refractivity contribution in [3.63, 3.8) is 0 Å². The molecule has 0 saturated carbocycles. The summed E-state index contributed by atoms with van der Waals surface area (Å²) in [5, 5.41) is 50.8. The molecule has 2 atom stereocenters. The average molecular weight is 482 g/mol. The van der Waals surface area contributed by atoms with Gasteiger partial charge in [-0.2, -0.15) is 0 Å². The van der Waals surface area contributed by atoms with E-state index < -0.39 is 60.5 Å². The van der Waals surface area contributed by atoms with Gasteiger partial charge in [0, 0.05) is 13.1 Å². The first-order valence-corrected chi connectivity index (χ1v) is 10.3. The monoisotopic (exact) mass is 482 g/mol. The van der Waals surface area contributed by atoms with Crippen molar-refractivity contribution in [2.24, 2.45) is 5.73 Å². The van der Waals surface area contributed by atoms with Crippen LogP contribution in [0.3, 0.4) is 0 Å². The van der Waals surface area contributed by atoms with Crippen molar-refractivity contribution in [3.05, 3.63) is 23.3 Å². The average Bonchev–Trinajstić information content (AvgIpc) is 2.70. The van der Waals surface area contributed by atoms with Gasteiger partial charge in [0.1, 0.15) is 29.2 Å². The van der Waals surface area contributed by atoms with Crippen molar-refractivity contribution in [1.82, 2.24) is 15.5 Å². The fourth-order valence-corrected chi connectivity index (χ4v) is 3.21. The number of nitrogens with zero attached hydrogens (tertiary/aromatic N) is 1. The number of ether oxygens (including phenoxy) is 1. The van der Waals surface area contributed by atoms with Crippen molar-refractivity contribution in [1.29, 1.82) is 0 Å². The number of carboxylic acids is 2. The summed E-state index contributed by atoms with van der Waals surface area (Å²) < 4.78 is 5.65. The molecule has 1 aliphatic heterocycles. The van der Waals surface area contributed by atoms with Crippen LogP contribution in [0.5, 0.6) is 11.5 Å². The number of carboxylic acid groups (broad SMARTS) is 2. The maximum absolute atomic E-state index is 12.1. The summed E-state index contributed by atoms with van der Waals surface area (Å²) in [6, 6.07) is 1.80. The number of benzene rings is 1. The van der Waals surface area contributed by atoms with Crippen LogP contribution in [-0.4, -0.2) is 99.1 Å². The van der Waals surface area contributed by atoms with Crippen LogP contribution in [0.4, 0.5) is 0 Å². The van der Waals surface area contributed by atoms with E-state index in [1.54, 1.807) is 4.90 Å². The number of carbonyl (C=O) groups excluding carboxylic acids is 2. The second-order valence-corrected chi connectivity index (χ2v) is 7.82. The van der Waals surface area contributed by atoms with E-state index in [0.717, 1.165) is 0 Å². The van der Waals surface area contributed by atoms with Crippen molar-refractivity contribution >= 4 is 30.9 Å². The number of aliphatic carboxylic acids is 1. The van der Waals surface area contributed by atoms with Crippen molar-refractivity contribution in [3.8, 4) is 11.5 Å². The minimum atomic E-state index is -1.60. The van der Waals surface area contributed by atoms with E-state index in [-0.39, 0.29) is 43.7 Å². The summed E-state index contributed by atoms with van der Waals surface area (Å²) in [6.45, 7) is 1.84. The lowest BCUT2D eigenvalue weighted by Crippen LogP contribution is -2.58. The standard InChI is InChI=1S/C19H27BN4O10/c1-9(17(27)23-16(21)19(30)31)22-13(25)8-24-6-11(7-24)34-12-3-2-10(4-5-20(32)33)15(26)14(12)18(28)29/h2-3,9,11,16,26,32-33H,4-8,21H2,1H3,(H,22,25)(H,23,27)(H,28,29)(H,30,31)/t9-,16+/m1/s1. The minimum absolute atomic E-state index is 0.0507. The molecule has 0 bridgehead atoms. The van der Waals surface area contributed by atoms with Gasteiger partial charge in [-0.15, -0.1) is 0 Å². The van der Waals surface area contributed by atoms with Crippen LogP contribution >= 0.6 is 0 Å². The number of rotatable bonds is 12. The second kappa shape index (κ2) is 11.6. The van der Waals surface area contributed by atoms with E-state index in [1.807, 2.05) is 5.32 Å². The van der Waals surface area contributed by atoms with Crippen molar-refractivity contribution in [2.75, 3.05) is 19.6 Å². The summed E-state index contributed by atoms with van der Waals surface area (Å²) in [5.41, 5.74) is 5.00. The van der Waals surface area contributed by atoms with Gasteiger partial charge in [-0.05, 0) is 31.3 Å². The summed E-state index contributed by atoms with van der Waals surface area (Å²) in [7, 11) is -1.60. The van der Waals surface area contributed by atoms with Crippen molar-refractivity contribution in [2.45, 2.75) is 38.0 Å². The minimum Gasteiger partial charge on any atom is -0.507 e. The highest BCUT2D eigenvalue weighted by molar-refractivity contribution is 6.41. The SMILES string of the molecule is C[C@@H](NC(=O)CN1CC(Oc2ccc(CCB(O)O)c(O)c2C(=O)O)C1)C(=O)N[C@H](N)C(=O)O. The molecule has 14 nitrogen and oxygen atoms in total. The Morgan fingerprint density at radius 3 is 2.41 bits per heavy atom. The molecule has 0 spiro atoms. The van der Waals surface area contributed by atoms with Gasteiger partial charge in [0.05, 0.1) is 6.54 Å². The Balaban J connectivity index is 1.86. The molecule has 9 N–H and O–H groups in total. The Hall–Kier alpha value is -3.40. The Morgan fingerprint density at radius 2 is 1.85 bits per heavy atom. The smallest absolute Gasteiger partial charge is 0.451 e. The number of likely N-dealkylation sites (tertiary alicyclic amines) is 1. The molecule has 1 aliphatic rings. The Labute approximate surface area is 194 Å². The van der Waals surface area contributed by atoms with Crippen molar-refractivity contribution < 1.29 is 49.3 Å². The van der Waals surface area contributed by atoms with Crippen LogP contribution in [0.2, 0.25) is 6.32 Å². The number of nitrogens with one attached hydrogen (secondary N) is 2. The Bertz CT molecular complexity index is 938. The molecule has 15 heteroatoms. The van der Waals surface area contributed by atoms with Gasteiger partial charge in [0.2, 0.25) is 11.8 Å². The summed E-state index contributed by atoms with van der Waals surface area (Å²) in [5.74, 6) is -4.67. The molecule has 0 aromatic heterocycles. The van der Waals surface area contributed by atoms with Crippen LogP contribution in [0.15, 0.2) is 12.1 Å². The van der Waals surface area contributed by atoms with Gasteiger partial charge in [0.15, 0.2) is 6.17 Å². The van der Waals surface area contributed by atoms with Gasteiger partial charge in [-0.1, -0.05) is 6.07 Å². The normalized spacial score (nSPS) is 15.5. The molecule has 34 heavy (non-hydrogen) atoms. The molecule has 186 valence electrons.